The van der Waals surface area contributed by atoms with Crippen LogP contribution >= 0.6 is 0 Å². The van der Waals surface area contributed by atoms with Gasteiger partial charge in [-0.05, 0) is 54.4 Å². The molecule has 0 radical (unpaired) electrons. The van der Waals surface area contributed by atoms with Crippen molar-refractivity contribution in [1.29, 1.82) is 0 Å². The van der Waals surface area contributed by atoms with Gasteiger partial charge in [0, 0.05) is 0 Å². The quantitative estimate of drug-likeness (QED) is 0.429. The molecule has 6 heteroatoms. The Morgan fingerprint density at radius 1 is 0.967 bits per heavy atom. The molecular formula is C24H24N2O4. The summed E-state index contributed by atoms with van der Waals surface area (Å²) in [6.45, 7) is 2.15. The van der Waals surface area contributed by atoms with E-state index in [1.165, 1.54) is 0 Å². The van der Waals surface area contributed by atoms with Crippen molar-refractivity contribution in [3.8, 4) is 17.2 Å². The number of methoxy groups -OCH3 is 1. The van der Waals surface area contributed by atoms with Crippen molar-refractivity contribution in [2.24, 2.45) is 5.10 Å². The molecule has 3 aromatic carbocycles. The zero-order valence-corrected chi connectivity index (χ0v) is 16.9. The molecule has 0 spiro atoms. The van der Waals surface area contributed by atoms with Crippen LogP contribution in [-0.4, -0.2) is 25.3 Å². The van der Waals surface area contributed by atoms with E-state index in [4.69, 9.17) is 14.2 Å². The van der Waals surface area contributed by atoms with Crippen LogP contribution in [0.25, 0.3) is 0 Å². The van der Waals surface area contributed by atoms with E-state index < -0.39 is 6.10 Å². The maximum Gasteiger partial charge on any atom is 0.280 e. The van der Waals surface area contributed by atoms with Crippen LogP contribution in [0.3, 0.4) is 0 Å². The second-order valence-corrected chi connectivity index (χ2v) is 6.52. The van der Waals surface area contributed by atoms with Crippen LogP contribution in [0.4, 0.5) is 0 Å². The van der Waals surface area contributed by atoms with E-state index in [0.29, 0.717) is 12.4 Å². The first-order valence-electron chi connectivity index (χ1n) is 9.54. The van der Waals surface area contributed by atoms with Gasteiger partial charge in [-0.3, -0.25) is 4.79 Å². The molecule has 0 aromatic heterocycles. The Bertz CT molecular complexity index is 972. The number of hydrazone groups is 1. The Labute approximate surface area is 176 Å². The van der Waals surface area contributed by atoms with Crippen molar-refractivity contribution in [1.82, 2.24) is 5.43 Å². The van der Waals surface area contributed by atoms with Crippen LogP contribution in [0.1, 0.15) is 18.1 Å². The van der Waals surface area contributed by atoms with Gasteiger partial charge in [-0.25, -0.2) is 5.43 Å². The van der Waals surface area contributed by atoms with Crippen LogP contribution in [0.5, 0.6) is 17.2 Å². The average Bonchev–Trinajstić information content (AvgIpc) is 2.79. The number of hydrogen-bond donors (Lipinski definition) is 1. The number of nitrogens with zero attached hydrogens (tertiary/aromatic N) is 1. The van der Waals surface area contributed by atoms with Crippen molar-refractivity contribution < 1.29 is 19.0 Å². The van der Waals surface area contributed by atoms with Crippen LogP contribution in [0.15, 0.2) is 84.0 Å². The van der Waals surface area contributed by atoms with Gasteiger partial charge in [0.15, 0.2) is 6.10 Å². The third kappa shape index (κ3) is 6.38. The average molecular weight is 404 g/mol. The number of amides is 1. The maximum absolute atomic E-state index is 12.2. The predicted molar refractivity (Wildman–Crippen MR) is 116 cm³/mol. The summed E-state index contributed by atoms with van der Waals surface area (Å²) in [7, 11) is 1.60. The molecule has 3 aromatic rings. The summed E-state index contributed by atoms with van der Waals surface area (Å²) in [4.78, 5) is 12.2. The van der Waals surface area contributed by atoms with Crippen LogP contribution in [-0.2, 0) is 11.4 Å². The number of carbonyl (C=O) groups excluding carboxylic acids is 1. The third-order valence-electron chi connectivity index (χ3n) is 4.24. The van der Waals surface area contributed by atoms with Gasteiger partial charge in [-0.15, -0.1) is 0 Å². The lowest BCUT2D eigenvalue weighted by molar-refractivity contribution is -0.127. The van der Waals surface area contributed by atoms with E-state index >= 15 is 0 Å². The van der Waals surface area contributed by atoms with Crippen molar-refractivity contribution in [3.63, 3.8) is 0 Å². The summed E-state index contributed by atoms with van der Waals surface area (Å²) >= 11 is 0. The lowest BCUT2D eigenvalue weighted by Crippen LogP contribution is -2.33. The van der Waals surface area contributed by atoms with Gasteiger partial charge in [-0.1, -0.05) is 42.5 Å². The molecule has 0 aliphatic carbocycles. The number of ether oxygens (including phenoxy) is 3. The van der Waals surface area contributed by atoms with Crippen LogP contribution < -0.4 is 19.6 Å². The van der Waals surface area contributed by atoms with Crippen molar-refractivity contribution >= 4 is 12.1 Å². The van der Waals surface area contributed by atoms with Gasteiger partial charge >= 0.3 is 0 Å². The molecular weight excluding hydrogens is 380 g/mol. The first kappa shape index (κ1) is 20.9. The van der Waals surface area contributed by atoms with E-state index in [0.717, 1.165) is 22.6 Å². The summed E-state index contributed by atoms with van der Waals surface area (Å²) in [6, 6.07) is 24.5. The number of hydrogen-bond acceptors (Lipinski definition) is 5. The molecule has 0 unspecified atom stereocenters. The summed E-state index contributed by atoms with van der Waals surface area (Å²) in [5, 5.41) is 3.97. The second kappa shape index (κ2) is 10.7. The molecule has 30 heavy (non-hydrogen) atoms. The molecule has 3 rings (SSSR count). The van der Waals surface area contributed by atoms with Gasteiger partial charge in [0.1, 0.15) is 23.9 Å². The van der Waals surface area contributed by atoms with E-state index in [9.17, 15) is 4.79 Å². The Morgan fingerprint density at radius 2 is 1.70 bits per heavy atom. The molecule has 0 fully saturated rings. The third-order valence-corrected chi connectivity index (χ3v) is 4.24. The fourth-order valence-electron chi connectivity index (χ4n) is 2.60. The van der Waals surface area contributed by atoms with Crippen LogP contribution in [0.2, 0.25) is 0 Å². The summed E-state index contributed by atoms with van der Waals surface area (Å²) in [5.41, 5.74) is 4.39. The number of carbonyl (C=O) groups is 1. The van der Waals surface area contributed by atoms with Gasteiger partial charge < -0.3 is 14.2 Å². The Hall–Kier alpha value is -3.80. The molecule has 1 atom stereocenters. The molecule has 6 nitrogen and oxygen atoms in total. The Balaban J connectivity index is 1.46. The van der Waals surface area contributed by atoms with Crippen LogP contribution in [0, 0.1) is 0 Å². The SMILES string of the molecule is COc1cccc(/C=N/NC(=O)[C@@H](C)Oc2ccc(OCc3ccccc3)cc2)c1. The molecule has 154 valence electrons. The first-order valence-corrected chi connectivity index (χ1v) is 9.54. The molecule has 0 aliphatic rings. The highest BCUT2D eigenvalue weighted by Gasteiger charge is 2.14. The summed E-state index contributed by atoms with van der Waals surface area (Å²) < 4.78 is 16.6. The van der Waals surface area contributed by atoms with Gasteiger partial charge in [0.05, 0.1) is 13.3 Å². The molecule has 0 heterocycles. The topological polar surface area (TPSA) is 69.2 Å². The zero-order chi connectivity index (χ0) is 21.2. The van der Waals surface area contributed by atoms with E-state index in [1.807, 2.05) is 66.7 Å². The lowest BCUT2D eigenvalue weighted by atomic mass is 10.2. The van der Waals surface area contributed by atoms with Gasteiger partial charge in [0.25, 0.3) is 5.91 Å². The molecule has 0 bridgehead atoms. The number of benzene rings is 3. The van der Waals surface area contributed by atoms with Crippen molar-refractivity contribution in [2.75, 3.05) is 7.11 Å². The lowest BCUT2D eigenvalue weighted by Gasteiger charge is -2.13. The second-order valence-electron chi connectivity index (χ2n) is 6.52. The highest BCUT2D eigenvalue weighted by molar-refractivity contribution is 5.84. The zero-order valence-electron chi connectivity index (χ0n) is 16.9. The molecule has 0 saturated heterocycles. The fourth-order valence-corrected chi connectivity index (χ4v) is 2.60. The standard InChI is InChI=1S/C24H24N2O4/c1-18(24(27)26-25-16-20-9-6-10-23(15-20)28-2)30-22-13-11-21(12-14-22)29-17-19-7-4-3-5-8-19/h3-16,18H,17H2,1-2H3,(H,26,27)/b25-16+/t18-/m1/s1. The normalized spacial score (nSPS) is 11.7. The number of rotatable bonds is 9. The minimum atomic E-state index is -0.705. The van der Waals surface area contributed by atoms with Crippen molar-refractivity contribution in [3.05, 3.63) is 90.0 Å². The fraction of sp³-hybridized carbons (Fsp3) is 0.167. The number of nitrogens with one attached hydrogen (secondary N) is 1. The minimum Gasteiger partial charge on any atom is -0.497 e. The molecule has 0 saturated carbocycles. The van der Waals surface area contributed by atoms with E-state index in [2.05, 4.69) is 10.5 Å². The summed E-state index contributed by atoms with van der Waals surface area (Å²) in [5.74, 6) is 1.67. The first-order chi connectivity index (χ1) is 14.6. The highest BCUT2D eigenvalue weighted by Crippen LogP contribution is 2.19. The highest BCUT2D eigenvalue weighted by atomic mass is 16.5. The minimum absolute atomic E-state index is 0.349. The molecule has 0 aliphatic heterocycles. The Kier molecular flexibility index (Phi) is 7.44. The smallest absolute Gasteiger partial charge is 0.280 e. The maximum atomic E-state index is 12.2. The molecule has 1 amide bonds. The summed E-state index contributed by atoms with van der Waals surface area (Å²) in [6.07, 6.45) is 0.843. The van der Waals surface area contributed by atoms with E-state index in [-0.39, 0.29) is 5.91 Å². The molecule has 1 N–H and O–H groups in total. The van der Waals surface area contributed by atoms with Crippen molar-refractivity contribution in [2.45, 2.75) is 19.6 Å². The van der Waals surface area contributed by atoms with Gasteiger partial charge in [0.2, 0.25) is 0 Å². The predicted octanol–water partition coefficient (Wildman–Crippen LogP) is 4.19. The largest absolute Gasteiger partial charge is 0.497 e. The monoisotopic (exact) mass is 404 g/mol. The van der Waals surface area contributed by atoms with Gasteiger partial charge in [-0.2, -0.15) is 5.10 Å². The van der Waals surface area contributed by atoms with E-state index in [1.54, 1.807) is 32.4 Å². The Morgan fingerprint density at radius 3 is 2.43 bits per heavy atom.